The first-order valence-corrected chi connectivity index (χ1v) is 9.98. The number of rotatable bonds is 7. The van der Waals surface area contributed by atoms with Crippen LogP contribution in [0.2, 0.25) is 0 Å². The summed E-state index contributed by atoms with van der Waals surface area (Å²) >= 11 is 0. The Bertz CT molecular complexity index is 783. The van der Waals surface area contributed by atoms with Crippen molar-refractivity contribution in [1.82, 2.24) is 4.90 Å². The Morgan fingerprint density at radius 2 is 1.82 bits per heavy atom. The van der Waals surface area contributed by atoms with E-state index in [4.69, 9.17) is 4.74 Å². The second-order valence-electron chi connectivity index (χ2n) is 7.61. The lowest BCUT2D eigenvalue weighted by molar-refractivity contribution is -0.116. The minimum atomic E-state index is 0.0478. The summed E-state index contributed by atoms with van der Waals surface area (Å²) in [5.41, 5.74) is 5.92. The molecule has 0 aromatic heterocycles. The van der Waals surface area contributed by atoms with Gasteiger partial charge in [0.05, 0.1) is 13.2 Å². The molecule has 0 atom stereocenters. The molecule has 0 radical (unpaired) electrons. The molecule has 5 nitrogen and oxygen atoms in total. The maximum Gasteiger partial charge on any atom is 0.225 e. The van der Waals surface area contributed by atoms with E-state index in [9.17, 15) is 4.79 Å². The number of morpholine rings is 1. The van der Waals surface area contributed by atoms with Crippen LogP contribution in [-0.2, 0) is 16.1 Å². The van der Waals surface area contributed by atoms with Gasteiger partial charge in [-0.3, -0.25) is 4.79 Å². The Labute approximate surface area is 168 Å². The van der Waals surface area contributed by atoms with Gasteiger partial charge in [-0.1, -0.05) is 23.8 Å². The molecule has 1 aliphatic heterocycles. The molecule has 0 spiro atoms. The lowest BCUT2D eigenvalue weighted by Crippen LogP contribution is -2.36. The normalized spacial score (nSPS) is 14.4. The quantitative estimate of drug-likeness (QED) is 0.796. The lowest BCUT2D eigenvalue weighted by atomic mass is 10.1. The predicted molar refractivity (Wildman–Crippen MR) is 115 cm³/mol. The smallest absolute Gasteiger partial charge is 0.225 e. The topological polar surface area (TPSA) is 44.8 Å². The van der Waals surface area contributed by atoms with Crippen LogP contribution in [0.15, 0.2) is 42.5 Å². The summed E-state index contributed by atoms with van der Waals surface area (Å²) in [5, 5.41) is 3.00. The van der Waals surface area contributed by atoms with Gasteiger partial charge < -0.3 is 19.9 Å². The summed E-state index contributed by atoms with van der Waals surface area (Å²) in [4.78, 5) is 16.8. The maximum atomic E-state index is 12.3. The van der Waals surface area contributed by atoms with Crippen molar-refractivity contribution >= 4 is 17.3 Å². The van der Waals surface area contributed by atoms with Gasteiger partial charge in [0.15, 0.2) is 0 Å². The van der Waals surface area contributed by atoms with E-state index in [1.54, 1.807) is 0 Å². The Hall–Kier alpha value is -2.37. The number of ether oxygens (including phenoxy) is 1. The number of anilines is 2. The molecule has 0 saturated carbocycles. The van der Waals surface area contributed by atoms with E-state index in [0.29, 0.717) is 6.42 Å². The first kappa shape index (κ1) is 20.4. The fourth-order valence-corrected chi connectivity index (χ4v) is 3.49. The zero-order chi connectivity index (χ0) is 19.9. The molecule has 1 N–H and O–H groups in total. The number of benzene rings is 2. The summed E-state index contributed by atoms with van der Waals surface area (Å²) in [7, 11) is 2.06. The highest BCUT2D eigenvalue weighted by atomic mass is 16.5. The molecule has 1 saturated heterocycles. The standard InChI is InChI=1S/C23H31N3O2/c1-18-4-5-20(19(2)16-18)17-25(3)11-10-23(27)24-21-6-8-22(9-7-21)26-12-14-28-15-13-26/h4-9,16H,10-15,17H2,1-3H3,(H,24,27). The van der Waals surface area contributed by atoms with Gasteiger partial charge in [0.25, 0.3) is 0 Å². The second-order valence-corrected chi connectivity index (χ2v) is 7.61. The van der Waals surface area contributed by atoms with Gasteiger partial charge in [0.2, 0.25) is 5.91 Å². The molecule has 2 aromatic carbocycles. The Morgan fingerprint density at radius 3 is 2.50 bits per heavy atom. The lowest BCUT2D eigenvalue weighted by Gasteiger charge is -2.28. The monoisotopic (exact) mass is 381 g/mol. The van der Waals surface area contributed by atoms with Crippen molar-refractivity contribution in [2.75, 3.05) is 50.1 Å². The number of nitrogens with one attached hydrogen (secondary N) is 1. The highest BCUT2D eigenvalue weighted by Crippen LogP contribution is 2.19. The number of hydrogen-bond acceptors (Lipinski definition) is 4. The zero-order valence-corrected chi connectivity index (χ0v) is 17.2. The maximum absolute atomic E-state index is 12.3. The first-order valence-electron chi connectivity index (χ1n) is 9.98. The van der Waals surface area contributed by atoms with E-state index in [1.165, 1.54) is 22.4 Å². The van der Waals surface area contributed by atoms with Crippen molar-refractivity contribution in [2.24, 2.45) is 0 Å². The van der Waals surface area contributed by atoms with Gasteiger partial charge in [0.1, 0.15) is 0 Å². The number of aryl methyl sites for hydroxylation is 2. The van der Waals surface area contributed by atoms with Gasteiger partial charge in [-0.25, -0.2) is 0 Å². The molecular weight excluding hydrogens is 350 g/mol. The summed E-state index contributed by atoms with van der Waals surface area (Å²) < 4.78 is 5.39. The molecule has 0 aliphatic carbocycles. The van der Waals surface area contributed by atoms with Gasteiger partial charge in [0, 0.05) is 44.0 Å². The Kier molecular flexibility index (Phi) is 7.06. The number of hydrogen-bond donors (Lipinski definition) is 1. The Morgan fingerprint density at radius 1 is 1.11 bits per heavy atom. The molecule has 1 amide bonds. The van der Waals surface area contributed by atoms with Crippen LogP contribution in [0.5, 0.6) is 0 Å². The highest BCUT2D eigenvalue weighted by Gasteiger charge is 2.11. The summed E-state index contributed by atoms with van der Waals surface area (Å²) in [6.45, 7) is 9.21. The van der Waals surface area contributed by atoms with Crippen molar-refractivity contribution in [3.8, 4) is 0 Å². The molecule has 0 bridgehead atoms. The van der Waals surface area contributed by atoms with Crippen LogP contribution in [0.25, 0.3) is 0 Å². The van der Waals surface area contributed by atoms with Crippen LogP contribution in [0.1, 0.15) is 23.1 Å². The Balaban J connectivity index is 1.44. The SMILES string of the molecule is Cc1ccc(CN(C)CCC(=O)Nc2ccc(N3CCOCC3)cc2)c(C)c1. The van der Waals surface area contributed by atoms with Gasteiger partial charge >= 0.3 is 0 Å². The third-order valence-electron chi connectivity index (χ3n) is 5.19. The van der Waals surface area contributed by atoms with E-state index < -0.39 is 0 Å². The summed E-state index contributed by atoms with van der Waals surface area (Å²) in [6, 6.07) is 14.6. The average Bonchev–Trinajstić information content (AvgIpc) is 2.70. The molecule has 2 aromatic rings. The number of carbonyl (C=O) groups excluding carboxylic acids is 1. The predicted octanol–water partition coefficient (Wildman–Crippen LogP) is 3.60. The van der Waals surface area contributed by atoms with Crippen LogP contribution in [0.3, 0.4) is 0 Å². The number of nitrogens with zero attached hydrogens (tertiary/aromatic N) is 2. The van der Waals surface area contributed by atoms with Crippen LogP contribution in [0.4, 0.5) is 11.4 Å². The summed E-state index contributed by atoms with van der Waals surface area (Å²) in [6.07, 6.45) is 0.479. The molecule has 28 heavy (non-hydrogen) atoms. The van der Waals surface area contributed by atoms with Crippen LogP contribution < -0.4 is 10.2 Å². The van der Waals surface area contributed by atoms with Gasteiger partial charge in [-0.05, 0) is 56.3 Å². The molecule has 1 heterocycles. The largest absolute Gasteiger partial charge is 0.378 e. The van der Waals surface area contributed by atoms with Crippen molar-refractivity contribution in [2.45, 2.75) is 26.8 Å². The molecule has 1 aliphatic rings. The van der Waals surface area contributed by atoms with E-state index in [0.717, 1.165) is 45.1 Å². The highest BCUT2D eigenvalue weighted by molar-refractivity contribution is 5.91. The average molecular weight is 382 g/mol. The second kappa shape index (κ2) is 9.71. The summed E-state index contributed by atoms with van der Waals surface area (Å²) in [5.74, 6) is 0.0478. The third-order valence-corrected chi connectivity index (χ3v) is 5.19. The van der Waals surface area contributed by atoms with Gasteiger partial charge in [-0.15, -0.1) is 0 Å². The molecule has 0 unspecified atom stereocenters. The van der Waals surface area contributed by atoms with Crippen molar-refractivity contribution < 1.29 is 9.53 Å². The van der Waals surface area contributed by atoms with Crippen molar-refractivity contribution in [3.63, 3.8) is 0 Å². The van der Waals surface area contributed by atoms with E-state index in [1.807, 2.05) is 12.1 Å². The van der Waals surface area contributed by atoms with E-state index in [-0.39, 0.29) is 5.91 Å². The van der Waals surface area contributed by atoms with Crippen LogP contribution in [-0.4, -0.2) is 50.7 Å². The van der Waals surface area contributed by atoms with Crippen LogP contribution >= 0.6 is 0 Å². The van der Waals surface area contributed by atoms with Gasteiger partial charge in [-0.2, -0.15) is 0 Å². The molecule has 150 valence electrons. The zero-order valence-electron chi connectivity index (χ0n) is 17.2. The van der Waals surface area contributed by atoms with Crippen molar-refractivity contribution in [1.29, 1.82) is 0 Å². The minimum absolute atomic E-state index is 0.0478. The first-order chi connectivity index (χ1) is 13.5. The fraction of sp³-hybridized carbons (Fsp3) is 0.435. The molecule has 1 fully saturated rings. The molecular formula is C23H31N3O2. The third kappa shape index (κ3) is 5.81. The number of amides is 1. The number of carbonyl (C=O) groups is 1. The molecule has 3 rings (SSSR count). The fourth-order valence-electron chi connectivity index (χ4n) is 3.49. The van der Waals surface area contributed by atoms with Crippen LogP contribution in [0, 0.1) is 13.8 Å². The molecule has 5 heteroatoms. The van der Waals surface area contributed by atoms with E-state index >= 15 is 0 Å². The van der Waals surface area contributed by atoms with Crippen molar-refractivity contribution in [3.05, 3.63) is 59.2 Å². The van der Waals surface area contributed by atoms with E-state index in [2.05, 4.69) is 66.3 Å². The minimum Gasteiger partial charge on any atom is -0.378 e.